The van der Waals surface area contributed by atoms with Crippen molar-refractivity contribution in [1.82, 2.24) is 9.78 Å². The lowest BCUT2D eigenvalue weighted by Crippen LogP contribution is -2.22. The Morgan fingerprint density at radius 2 is 2.42 bits per heavy atom. The Kier molecular flexibility index (Phi) is 3.28. The van der Waals surface area contributed by atoms with Crippen LogP contribution in [-0.2, 0) is 6.54 Å². The monoisotopic (exact) mass is 232 g/mol. The molecule has 0 unspecified atom stereocenters. The molecular formula is C7H9BrN2O2. The summed E-state index contributed by atoms with van der Waals surface area (Å²) in [6.45, 7) is 0.552. The summed E-state index contributed by atoms with van der Waals surface area (Å²) in [4.78, 5) is 11.1. The van der Waals surface area contributed by atoms with Gasteiger partial charge < -0.3 is 4.74 Å². The predicted octanol–water partition coefficient (Wildman–Crippen LogP) is 0.647. The molecule has 4 nitrogen and oxygen atoms in total. The van der Waals surface area contributed by atoms with Crippen molar-refractivity contribution in [2.75, 3.05) is 12.4 Å². The van der Waals surface area contributed by atoms with Gasteiger partial charge in [0.1, 0.15) is 0 Å². The maximum absolute atomic E-state index is 11.1. The van der Waals surface area contributed by atoms with Gasteiger partial charge in [-0.05, 0) is 0 Å². The van der Waals surface area contributed by atoms with Crippen molar-refractivity contribution < 1.29 is 4.74 Å². The predicted molar refractivity (Wildman–Crippen MR) is 48.8 cm³/mol. The first-order valence-corrected chi connectivity index (χ1v) is 4.58. The molecule has 0 saturated heterocycles. The van der Waals surface area contributed by atoms with Crippen molar-refractivity contribution in [2.24, 2.45) is 0 Å². The van der Waals surface area contributed by atoms with Crippen LogP contribution in [0.2, 0.25) is 0 Å². The van der Waals surface area contributed by atoms with E-state index in [0.29, 0.717) is 17.8 Å². The largest absolute Gasteiger partial charge is 0.480 e. The molecule has 66 valence electrons. The van der Waals surface area contributed by atoms with E-state index >= 15 is 0 Å². The van der Waals surface area contributed by atoms with E-state index in [-0.39, 0.29) is 5.56 Å². The van der Waals surface area contributed by atoms with Crippen LogP contribution in [0.5, 0.6) is 5.88 Å². The fraction of sp³-hybridized carbons (Fsp3) is 0.429. The van der Waals surface area contributed by atoms with Crippen molar-refractivity contribution in [1.29, 1.82) is 0 Å². The molecule has 0 N–H and O–H groups in total. The molecule has 0 aliphatic heterocycles. The molecule has 0 saturated carbocycles. The first kappa shape index (κ1) is 9.25. The van der Waals surface area contributed by atoms with Crippen LogP contribution in [0, 0.1) is 0 Å². The molecule has 5 heteroatoms. The zero-order valence-corrected chi connectivity index (χ0v) is 8.24. The number of hydrogen-bond acceptors (Lipinski definition) is 3. The molecule has 0 spiro atoms. The molecule has 1 aromatic rings. The van der Waals surface area contributed by atoms with Gasteiger partial charge in [0, 0.05) is 17.5 Å². The van der Waals surface area contributed by atoms with Crippen molar-refractivity contribution in [3.05, 3.63) is 22.5 Å². The maximum Gasteiger partial charge on any atom is 0.267 e. The molecule has 12 heavy (non-hydrogen) atoms. The second-order valence-corrected chi connectivity index (χ2v) is 2.92. The van der Waals surface area contributed by atoms with E-state index in [1.54, 1.807) is 6.07 Å². The summed E-state index contributed by atoms with van der Waals surface area (Å²) in [5, 5.41) is 4.63. The van der Waals surface area contributed by atoms with Crippen LogP contribution in [0.15, 0.2) is 16.9 Å². The first-order chi connectivity index (χ1) is 5.77. The normalized spacial score (nSPS) is 9.83. The van der Waals surface area contributed by atoms with Crippen molar-refractivity contribution in [3.63, 3.8) is 0 Å². The van der Waals surface area contributed by atoms with E-state index in [0.717, 1.165) is 0 Å². The van der Waals surface area contributed by atoms with Gasteiger partial charge in [-0.1, -0.05) is 15.9 Å². The Morgan fingerprint density at radius 1 is 1.67 bits per heavy atom. The van der Waals surface area contributed by atoms with Crippen LogP contribution >= 0.6 is 15.9 Å². The van der Waals surface area contributed by atoms with Crippen LogP contribution in [0.3, 0.4) is 0 Å². The van der Waals surface area contributed by atoms with Crippen LogP contribution in [0.1, 0.15) is 0 Å². The van der Waals surface area contributed by atoms with Gasteiger partial charge in [-0.15, -0.1) is 5.10 Å². The lowest BCUT2D eigenvalue weighted by Gasteiger charge is -2.02. The summed E-state index contributed by atoms with van der Waals surface area (Å²) < 4.78 is 6.22. The summed E-state index contributed by atoms with van der Waals surface area (Å²) in [5.41, 5.74) is -0.116. The number of aromatic nitrogens is 2. The minimum atomic E-state index is -0.116. The summed E-state index contributed by atoms with van der Waals surface area (Å²) >= 11 is 3.23. The van der Waals surface area contributed by atoms with Gasteiger partial charge in [0.15, 0.2) is 0 Å². The lowest BCUT2D eigenvalue weighted by molar-refractivity contribution is 0.378. The molecule has 0 radical (unpaired) electrons. The van der Waals surface area contributed by atoms with Gasteiger partial charge in [-0.25, -0.2) is 4.68 Å². The van der Waals surface area contributed by atoms with Gasteiger partial charge in [0.25, 0.3) is 5.56 Å². The molecule has 0 fully saturated rings. The molecule has 0 aromatic carbocycles. The lowest BCUT2D eigenvalue weighted by atomic mass is 10.5. The number of halogens is 1. The van der Waals surface area contributed by atoms with Crippen LogP contribution in [-0.4, -0.2) is 22.2 Å². The highest BCUT2D eigenvalue weighted by atomic mass is 79.9. The van der Waals surface area contributed by atoms with Crippen LogP contribution in [0.4, 0.5) is 0 Å². The number of nitrogens with zero attached hydrogens (tertiary/aromatic N) is 2. The van der Waals surface area contributed by atoms with E-state index in [1.807, 2.05) is 0 Å². The second kappa shape index (κ2) is 4.25. The Bertz CT molecular complexity index is 311. The Balaban J connectivity index is 3.00. The molecule has 0 amide bonds. The molecule has 0 atom stereocenters. The van der Waals surface area contributed by atoms with Crippen LogP contribution in [0.25, 0.3) is 0 Å². The van der Waals surface area contributed by atoms with Crippen molar-refractivity contribution >= 4 is 15.9 Å². The molecule has 0 aliphatic rings. The van der Waals surface area contributed by atoms with E-state index in [1.165, 1.54) is 17.9 Å². The third-order valence-corrected chi connectivity index (χ3v) is 1.70. The molecule has 1 aromatic heterocycles. The average Bonchev–Trinajstić information content (AvgIpc) is 2.09. The molecule has 1 rings (SSSR count). The fourth-order valence-corrected chi connectivity index (χ4v) is 1.12. The van der Waals surface area contributed by atoms with E-state index in [9.17, 15) is 4.79 Å². The minimum absolute atomic E-state index is 0.116. The minimum Gasteiger partial charge on any atom is -0.480 e. The van der Waals surface area contributed by atoms with Gasteiger partial charge in [0.05, 0.1) is 13.7 Å². The zero-order valence-electron chi connectivity index (χ0n) is 6.66. The second-order valence-electron chi connectivity index (χ2n) is 2.13. The number of hydrogen-bond donors (Lipinski definition) is 0. The van der Waals surface area contributed by atoms with E-state index < -0.39 is 0 Å². The van der Waals surface area contributed by atoms with Gasteiger partial charge >= 0.3 is 0 Å². The number of alkyl halides is 1. The third-order valence-electron chi connectivity index (χ3n) is 1.35. The first-order valence-electron chi connectivity index (χ1n) is 3.46. The highest BCUT2D eigenvalue weighted by molar-refractivity contribution is 9.09. The maximum atomic E-state index is 11.1. The van der Waals surface area contributed by atoms with E-state index in [2.05, 4.69) is 21.0 Å². The van der Waals surface area contributed by atoms with Gasteiger partial charge in [-0.3, -0.25) is 4.79 Å². The number of ether oxygens (including phenoxy) is 1. The number of aryl methyl sites for hydroxylation is 1. The summed E-state index contributed by atoms with van der Waals surface area (Å²) in [6.07, 6.45) is 0. The van der Waals surface area contributed by atoms with Crippen molar-refractivity contribution in [3.8, 4) is 5.88 Å². The summed E-state index contributed by atoms with van der Waals surface area (Å²) in [5.74, 6) is 0.454. The Labute approximate surface area is 78.3 Å². The van der Waals surface area contributed by atoms with E-state index in [4.69, 9.17) is 4.74 Å². The fourth-order valence-electron chi connectivity index (χ4n) is 0.779. The van der Waals surface area contributed by atoms with Crippen molar-refractivity contribution in [2.45, 2.75) is 6.54 Å². The Morgan fingerprint density at radius 3 is 3.00 bits per heavy atom. The van der Waals surface area contributed by atoms with Gasteiger partial charge in [-0.2, -0.15) is 0 Å². The highest BCUT2D eigenvalue weighted by Crippen LogP contribution is 1.99. The SMILES string of the molecule is COc1ccc(=O)n(CCBr)n1. The molecule has 0 aliphatic carbocycles. The Hall–Kier alpha value is -0.840. The number of methoxy groups -OCH3 is 1. The number of rotatable bonds is 3. The standard InChI is InChI=1S/C7H9BrN2O2/c1-12-6-2-3-7(11)10(9-6)5-4-8/h2-3H,4-5H2,1H3. The molecule has 0 bridgehead atoms. The molecule has 1 heterocycles. The highest BCUT2D eigenvalue weighted by Gasteiger charge is 1.98. The smallest absolute Gasteiger partial charge is 0.267 e. The van der Waals surface area contributed by atoms with Crippen LogP contribution < -0.4 is 10.3 Å². The quantitative estimate of drug-likeness (QED) is 0.720. The summed E-state index contributed by atoms with van der Waals surface area (Å²) in [7, 11) is 1.52. The zero-order chi connectivity index (χ0) is 8.97. The summed E-state index contributed by atoms with van der Waals surface area (Å²) in [6, 6.07) is 2.99. The topological polar surface area (TPSA) is 44.1 Å². The molecular weight excluding hydrogens is 224 g/mol. The third kappa shape index (κ3) is 2.07. The average molecular weight is 233 g/mol. The van der Waals surface area contributed by atoms with Gasteiger partial charge in [0.2, 0.25) is 5.88 Å².